The fourth-order valence-electron chi connectivity index (χ4n) is 3.47. The maximum atomic E-state index is 12.7. The van der Waals surface area contributed by atoms with Gasteiger partial charge in [-0.3, -0.25) is 9.59 Å². The van der Waals surface area contributed by atoms with E-state index in [-0.39, 0.29) is 30.6 Å². The second-order valence-corrected chi connectivity index (χ2v) is 7.10. The van der Waals surface area contributed by atoms with E-state index in [1.807, 2.05) is 60.7 Å². The maximum absolute atomic E-state index is 12.7. The summed E-state index contributed by atoms with van der Waals surface area (Å²) in [5, 5.41) is 3.07. The summed E-state index contributed by atoms with van der Waals surface area (Å²) in [5.41, 5.74) is 2.51. The van der Waals surface area contributed by atoms with Crippen molar-refractivity contribution in [3.05, 3.63) is 95.6 Å². The number of benzene rings is 3. The summed E-state index contributed by atoms with van der Waals surface area (Å²) in [5.74, 6) is 0.950. The van der Waals surface area contributed by atoms with Crippen molar-refractivity contribution in [3.63, 3.8) is 0 Å². The van der Waals surface area contributed by atoms with Crippen LogP contribution in [0.2, 0.25) is 0 Å². The van der Waals surface area contributed by atoms with Gasteiger partial charge in [-0.2, -0.15) is 0 Å². The Morgan fingerprint density at radius 2 is 1.37 bits per heavy atom. The van der Waals surface area contributed by atoms with Crippen LogP contribution >= 0.6 is 0 Å². The molecule has 0 fully saturated rings. The molecular weight excluding hydrogens is 378 g/mol. The Bertz CT molecular complexity index is 978. The molecule has 0 spiro atoms. The highest BCUT2D eigenvalue weighted by molar-refractivity contribution is 5.98. The number of fused-ring (bicyclic) bond motifs is 1. The Morgan fingerprint density at radius 3 is 2.00 bits per heavy atom. The average Bonchev–Trinajstić information content (AvgIpc) is 2.81. The molecule has 5 heteroatoms. The predicted molar refractivity (Wildman–Crippen MR) is 114 cm³/mol. The number of nitrogens with one attached hydrogen (secondary N) is 1. The molecule has 4 rings (SSSR count). The van der Waals surface area contributed by atoms with E-state index < -0.39 is 0 Å². The standard InChI is InChI=1S/C25H23NO4/c27-21(20-11-13-22-23(17-20)30-16-15-29-22)12-14-24(28)26-25(18-7-3-1-4-8-18)19-9-5-2-6-10-19/h1-11,13,17,25H,12,14-16H2,(H,26,28). The lowest BCUT2D eigenvalue weighted by Gasteiger charge is -2.20. The van der Waals surface area contributed by atoms with E-state index in [1.165, 1.54) is 0 Å². The molecule has 3 aromatic carbocycles. The number of carbonyl (C=O) groups is 2. The zero-order valence-electron chi connectivity index (χ0n) is 16.5. The SMILES string of the molecule is O=C(CCC(=O)c1ccc2c(c1)OCCO2)NC(c1ccccc1)c1ccccc1. The highest BCUT2D eigenvalue weighted by Crippen LogP contribution is 2.31. The molecule has 152 valence electrons. The number of hydrogen-bond acceptors (Lipinski definition) is 4. The van der Waals surface area contributed by atoms with Crippen molar-refractivity contribution in [1.29, 1.82) is 0 Å². The fraction of sp³-hybridized carbons (Fsp3) is 0.200. The van der Waals surface area contributed by atoms with Crippen molar-refractivity contribution < 1.29 is 19.1 Å². The first kappa shape index (κ1) is 19.7. The van der Waals surface area contributed by atoms with Crippen LogP contribution in [0, 0.1) is 0 Å². The lowest BCUT2D eigenvalue weighted by molar-refractivity contribution is -0.121. The Kier molecular flexibility index (Phi) is 6.09. The Morgan fingerprint density at radius 1 is 0.767 bits per heavy atom. The molecule has 0 bridgehead atoms. The van der Waals surface area contributed by atoms with Crippen molar-refractivity contribution in [1.82, 2.24) is 5.32 Å². The van der Waals surface area contributed by atoms with E-state index in [2.05, 4.69) is 5.32 Å². The third-order valence-electron chi connectivity index (χ3n) is 5.01. The number of hydrogen-bond donors (Lipinski definition) is 1. The minimum absolute atomic E-state index is 0.0990. The van der Waals surface area contributed by atoms with E-state index >= 15 is 0 Å². The molecule has 1 N–H and O–H groups in total. The minimum Gasteiger partial charge on any atom is -0.486 e. The molecule has 3 aromatic rings. The number of amides is 1. The van der Waals surface area contributed by atoms with E-state index in [9.17, 15) is 9.59 Å². The van der Waals surface area contributed by atoms with Gasteiger partial charge < -0.3 is 14.8 Å². The number of Topliss-reactive ketones (excluding diaryl/α,β-unsaturated/α-hetero) is 1. The first-order chi connectivity index (χ1) is 14.7. The van der Waals surface area contributed by atoms with Gasteiger partial charge in [-0.25, -0.2) is 0 Å². The van der Waals surface area contributed by atoms with Gasteiger partial charge >= 0.3 is 0 Å². The molecule has 1 amide bonds. The fourth-order valence-corrected chi connectivity index (χ4v) is 3.47. The molecule has 0 saturated heterocycles. The first-order valence-corrected chi connectivity index (χ1v) is 10.0. The second-order valence-electron chi connectivity index (χ2n) is 7.10. The lowest BCUT2D eigenvalue weighted by atomic mass is 9.98. The second kappa shape index (κ2) is 9.27. The van der Waals surface area contributed by atoms with Crippen LogP contribution in [0.25, 0.3) is 0 Å². The molecular formula is C25H23NO4. The Hall–Kier alpha value is -3.60. The topological polar surface area (TPSA) is 64.6 Å². The first-order valence-electron chi connectivity index (χ1n) is 10.0. The number of ether oxygens (including phenoxy) is 2. The zero-order chi connectivity index (χ0) is 20.8. The lowest BCUT2D eigenvalue weighted by Crippen LogP contribution is -2.29. The van der Waals surface area contributed by atoms with E-state index in [1.54, 1.807) is 18.2 Å². The summed E-state index contributed by atoms with van der Waals surface area (Å²) in [6.45, 7) is 0.970. The molecule has 0 radical (unpaired) electrons. The van der Waals surface area contributed by atoms with E-state index in [0.29, 0.717) is 30.3 Å². The van der Waals surface area contributed by atoms with Crippen LogP contribution in [0.3, 0.4) is 0 Å². The summed E-state index contributed by atoms with van der Waals surface area (Å²) in [4.78, 5) is 25.2. The van der Waals surface area contributed by atoms with Gasteiger partial charge in [0, 0.05) is 18.4 Å². The average molecular weight is 401 g/mol. The van der Waals surface area contributed by atoms with Crippen molar-refractivity contribution in [2.24, 2.45) is 0 Å². The Labute approximate surface area is 175 Å². The minimum atomic E-state index is -0.260. The van der Waals surface area contributed by atoms with Gasteiger partial charge in [-0.1, -0.05) is 60.7 Å². The summed E-state index contributed by atoms with van der Waals surface area (Å²) in [6.07, 6.45) is 0.241. The smallest absolute Gasteiger partial charge is 0.221 e. The summed E-state index contributed by atoms with van der Waals surface area (Å²) in [7, 11) is 0. The molecule has 0 aromatic heterocycles. The van der Waals surface area contributed by atoms with Crippen molar-refractivity contribution in [2.75, 3.05) is 13.2 Å². The van der Waals surface area contributed by atoms with Gasteiger partial charge in [0.1, 0.15) is 13.2 Å². The van der Waals surface area contributed by atoms with E-state index in [4.69, 9.17) is 9.47 Å². The number of rotatable bonds is 7. The third-order valence-corrected chi connectivity index (χ3v) is 5.01. The van der Waals surface area contributed by atoms with Crippen molar-refractivity contribution in [3.8, 4) is 11.5 Å². The molecule has 0 atom stereocenters. The largest absolute Gasteiger partial charge is 0.486 e. The molecule has 0 saturated carbocycles. The summed E-state index contributed by atoms with van der Waals surface area (Å²) >= 11 is 0. The van der Waals surface area contributed by atoms with Crippen LogP contribution in [0.15, 0.2) is 78.9 Å². The molecule has 30 heavy (non-hydrogen) atoms. The molecule has 0 aliphatic carbocycles. The van der Waals surface area contributed by atoms with Crippen LogP contribution in [-0.2, 0) is 4.79 Å². The van der Waals surface area contributed by atoms with Crippen LogP contribution in [0.4, 0.5) is 0 Å². The van der Waals surface area contributed by atoms with Gasteiger partial charge in [-0.15, -0.1) is 0 Å². The quantitative estimate of drug-likeness (QED) is 0.599. The highest BCUT2D eigenvalue weighted by Gasteiger charge is 2.19. The van der Waals surface area contributed by atoms with Gasteiger partial charge in [-0.05, 0) is 29.3 Å². The van der Waals surface area contributed by atoms with Gasteiger partial charge in [0.2, 0.25) is 5.91 Å². The summed E-state index contributed by atoms with van der Waals surface area (Å²) < 4.78 is 11.0. The van der Waals surface area contributed by atoms with Gasteiger partial charge in [0.05, 0.1) is 6.04 Å². The van der Waals surface area contributed by atoms with Crippen molar-refractivity contribution >= 4 is 11.7 Å². The zero-order valence-corrected chi connectivity index (χ0v) is 16.5. The molecule has 1 heterocycles. The number of carbonyl (C=O) groups excluding carboxylic acids is 2. The summed E-state index contributed by atoms with van der Waals surface area (Å²) in [6, 6.07) is 24.5. The maximum Gasteiger partial charge on any atom is 0.221 e. The van der Waals surface area contributed by atoms with Crippen LogP contribution in [0.1, 0.15) is 40.4 Å². The number of ketones is 1. The Balaban J connectivity index is 1.41. The van der Waals surface area contributed by atoms with Gasteiger partial charge in [0.25, 0.3) is 0 Å². The highest BCUT2D eigenvalue weighted by atomic mass is 16.6. The predicted octanol–water partition coefficient (Wildman–Crippen LogP) is 4.33. The van der Waals surface area contributed by atoms with E-state index in [0.717, 1.165) is 11.1 Å². The molecule has 1 aliphatic rings. The van der Waals surface area contributed by atoms with Crippen LogP contribution < -0.4 is 14.8 Å². The van der Waals surface area contributed by atoms with Crippen molar-refractivity contribution in [2.45, 2.75) is 18.9 Å². The third kappa shape index (κ3) is 4.69. The van der Waals surface area contributed by atoms with Gasteiger partial charge in [0.15, 0.2) is 17.3 Å². The molecule has 5 nitrogen and oxygen atoms in total. The van der Waals surface area contributed by atoms with Crippen LogP contribution in [0.5, 0.6) is 11.5 Å². The molecule has 0 unspecified atom stereocenters. The van der Waals surface area contributed by atoms with Crippen LogP contribution in [-0.4, -0.2) is 24.9 Å². The molecule has 1 aliphatic heterocycles. The monoisotopic (exact) mass is 401 g/mol. The normalized spacial score (nSPS) is 12.4.